The zero-order valence-electron chi connectivity index (χ0n) is 10.7. The van der Waals surface area contributed by atoms with Crippen LogP contribution in [0.1, 0.15) is 36.2 Å². The van der Waals surface area contributed by atoms with Crippen molar-refractivity contribution in [1.82, 2.24) is 4.57 Å². The van der Waals surface area contributed by atoms with E-state index in [1.165, 1.54) is 19.2 Å². The molecule has 0 unspecified atom stereocenters. The highest BCUT2D eigenvalue weighted by Crippen LogP contribution is 2.39. The number of nitrogens with zero attached hydrogens (tertiary/aromatic N) is 1. The summed E-state index contributed by atoms with van der Waals surface area (Å²) in [6, 6.07) is 1.49. The third kappa shape index (κ3) is 1.86. The van der Waals surface area contributed by atoms with Crippen LogP contribution >= 0.6 is 15.9 Å². The summed E-state index contributed by atoms with van der Waals surface area (Å²) in [5, 5.41) is 0.0882. The van der Waals surface area contributed by atoms with E-state index in [9.17, 15) is 14.0 Å². The molecule has 0 spiro atoms. The Labute approximate surface area is 122 Å². The first-order chi connectivity index (χ1) is 9.41. The van der Waals surface area contributed by atoms with Crippen molar-refractivity contribution in [1.29, 1.82) is 0 Å². The number of anilines is 1. The lowest BCUT2D eigenvalue weighted by Gasteiger charge is -2.14. The van der Waals surface area contributed by atoms with Gasteiger partial charge >= 0.3 is 0 Å². The van der Waals surface area contributed by atoms with Crippen molar-refractivity contribution in [2.75, 3.05) is 5.73 Å². The Balaban J connectivity index is 2.55. The molecule has 104 valence electrons. The molecule has 2 aromatic rings. The van der Waals surface area contributed by atoms with Gasteiger partial charge < -0.3 is 10.3 Å². The molecular weight excluding hydrogens is 327 g/mol. The highest BCUT2D eigenvalue weighted by Gasteiger charge is 2.28. The standard InChI is InChI=1S/C14H12BrFN2O2/c1-6(19)8-5-18(7-2-3-7)13-11(14(8)20)10(17)4-9(15)12(13)16/h4-5,7H,2-3,17H2,1H3. The maximum Gasteiger partial charge on any atom is 0.202 e. The van der Waals surface area contributed by atoms with Gasteiger partial charge in [-0.05, 0) is 41.8 Å². The first-order valence-electron chi connectivity index (χ1n) is 6.25. The molecule has 1 aromatic carbocycles. The number of Topliss-reactive ketones (excluding diaryl/α,β-unsaturated/α-hetero) is 1. The Kier molecular flexibility index (Phi) is 2.93. The smallest absolute Gasteiger partial charge is 0.202 e. The van der Waals surface area contributed by atoms with Gasteiger partial charge in [-0.3, -0.25) is 9.59 Å². The van der Waals surface area contributed by atoms with Gasteiger partial charge in [-0.2, -0.15) is 0 Å². The Hall–Kier alpha value is -1.69. The number of aromatic nitrogens is 1. The number of halogens is 2. The second-order valence-corrected chi connectivity index (χ2v) is 5.91. The molecule has 1 fully saturated rings. The summed E-state index contributed by atoms with van der Waals surface area (Å²) in [7, 11) is 0. The molecule has 3 rings (SSSR count). The summed E-state index contributed by atoms with van der Waals surface area (Å²) in [6.07, 6.45) is 3.27. The molecule has 1 aliphatic rings. The van der Waals surface area contributed by atoms with Crippen molar-refractivity contribution in [2.45, 2.75) is 25.8 Å². The number of carbonyl (C=O) groups is 1. The molecular formula is C14H12BrFN2O2. The van der Waals surface area contributed by atoms with Crippen LogP contribution in [0.15, 0.2) is 21.5 Å². The molecule has 0 atom stereocenters. The number of ketones is 1. The fourth-order valence-corrected chi connectivity index (χ4v) is 2.84. The molecule has 0 bridgehead atoms. The summed E-state index contributed by atoms with van der Waals surface area (Å²) < 4.78 is 16.3. The lowest BCUT2D eigenvalue weighted by atomic mass is 10.1. The Morgan fingerprint density at radius 3 is 2.70 bits per heavy atom. The van der Waals surface area contributed by atoms with Crippen molar-refractivity contribution in [3.05, 3.63) is 38.3 Å². The molecule has 1 aliphatic carbocycles. The predicted molar refractivity (Wildman–Crippen MR) is 78.6 cm³/mol. The zero-order valence-corrected chi connectivity index (χ0v) is 12.3. The van der Waals surface area contributed by atoms with E-state index in [1.54, 1.807) is 4.57 Å². The largest absolute Gasteiger partial charge is 0.398 e. The average Bonchev–Trinajstić information content (AvgIpc) is 3.19. The summed E-state index contributed by atoms with van der Waals surface area (Å²) in [6.45, 7) is 1.32. The van der Waals surface area contributed by atoms with Gasteiger partial charge in [-0.1, -0.05) is 0 Å². The van der Waals surface area contributed by atoms with Crippen LogP contribution in [0.2, 0.25) is 0 Å². The number of fused-ring (bicyclic) bond motifs is 1. The van der Waals surface area contributed by atoms with Crippen LogP contribution < -0.4 is 11.2 Å². The highest BCUT2D eigenvalue weighted by atomic mass is 79.9. The van der Waals surface area contributed by atoms with Crippen LogP contribution in [0.4, 0.5) is 10.1 Å². The van der Waals surface area contributed by atoms with Crippen LogP contribution in [0.25, 0.3) is 10.9 Å². The van der Waals surface area contributed by atoms with Crippen LogP contribution in [0.5, 0.6) is 0 Å². The van der Waals surface area contributed by atoms with Crippen molar-refractivity contribution in [3.63, 3.8) is 0 Å². The molecule has 2 N–H and O–H groups in total. The predicted octanol–water partition coefficient (Wildman–Crippen LogP) is 3.02. The highest BCUT2D eigenvalue weighted by molar-refractivity contribution is 9.10. The zero-order chi connectivity index (χ0) is 14.6. The van der Waals surface area contributed by atoms with Crippen molar-refractivity contribution < 1.29 is 9.18 Å². The summed E-state index contributed by atoms with van der Waals surface area (Å²) in [5.74, 6) is -0.859. The van der Waals surface area contributed by atoms with Crippen LogP contribution in [-0.4, -0.2) is 10.4 Å². The maximum absolute atomic E-state index is 14.4. The van der Waals surface area contributed by atoms with Crippen LogP contribution in [0.3, 0.4) is 0 Å². The Morgan fingerprint density at radius 2 is 2.15 bits per heavy atom. The fraction of sp³-hybridized carbons (Fsp3) is 0.286. The minimum Gasteiger partial charge on any atom is -0.398 e. The molecule has 0 amide bonds. The number of carbonyl (C=O) groups excluding carboxylic acids is 1. The molecule has 1 heterocycles. The molecule has 0 aliphatic heterocycles. The van der Waals surface area contributed by atoms with Gasteiger partial charge in [-0.15, -0.1) is 0 Å². The quantitative estimate of drug-likeness (QED) is 0.676. The molecule has 0 saturated heterocycles. The molecule has 0 radical (unpaired) electrons. The average molecular weight is 339 g/mol. The van der Waals surface area contributed by atoms with E-state index in [2.05, 4.69) is 15.9 Å². The molecule has 1 aromatic heterocycles. The van der Waals surface area contributed by atoms with Crippen molar-refractivity contribution in [2.24, 2.45) is 0 Å². The van der Waals surface area contributed by atoms with E-state index in [0.717, 1.165) is 12.8 Å². The number of pyridine rings is 1. The van der Waals surface area contributed by atoms with Gasteiger partial charge in [0, 0.05) is 17.9 Å². The Bertz CT molecular complexity index is 809. The van der Waals surface area contributed by atoms with Crippen LogP contribution in [0, 0.1) is 5.82 Å². The van der Waals surface area contributed by atoms with E-state index < -0.39 is 11.2 Å². The van der Waals surface area contributed by atoms with Gasteiger partial charge in [0.05, 0.1) is 20.9 Å². The third-order valence-electron chi connectivity index (χ3n) is 3.54. The van der Waals surface area contributed by atoms with E-state index >= 15 is 0 Å². The number of nitrogens with two attached hydrogens (primary N) is 1. The van der Waals surface area contributed by atoms with E-state index in [1.807, 2.05) is 0 Å². The van der Waals surface area contributed by atoms with Gasteiger partial charge in [0.1, 0.15) is 0 Å². The second-order valence-electron chi connectivity index (χ2n) is 5.05. The number of hydrogen-bond donors (Lipinski definition) is 1. The van der Waals surface area contributed by atoms with Crippen LogP contribution in [-0.2, 0) is 0 Å². The minimum atomic E-state index is -0.520. The van der Waals surface area contributed by atoms with Gasteiger partial charge in [0.15, 0.2) is 11.6 Å². The molecule has 20 heavy (non-hydrogen) atoms. The fourth-order valence-electron chi connectivity index (χ4n) is 2.40. The van der Waals surface area contributed by atoms with Gasteiger partial charge in [-0.25, -0.2) is 4.39 Å². The van der Waals surface area contributed by atoms with Crippen molar-refractivity contribution >= 4 is 38.3 Å². The summed E-state index contributed by atoms with van der Waals surface area (Å²) in [5.41, 5.74) is 5.76. The lowest BCUT2D eigenvalue weighted by molar-refractivity contribution is 0.101. The first kappa shape index (κ1) is 13.3. The normalized spacial score (nSPS) is 14.8. The number of rotatable bonds is 2. The van der Waals surface area contributed by atoms with E-state index in [-0.39, 0.29) is 38.5 Å². The van der Waals surface area contributed by atoms with E-state index in [0.29, 0.717) is 0 Å². The van der Waals surface area contributed by atoms with Gasteiger partial charge in [0.2, 0.25) is 5.43 Å². The maximum atomic E-state index is 14.4. The topological polar surface area (TPSA) is 65.1 Å². The SMILES string of the molecule is CC(=O)c1cn(C2CC2)c2c(F)c(Br)cc(N)c2c1=O. The van der Waals surface area contributed by atoms with Crippen molar-refractivity contribution in [3.8, 4) is 0 Å². The molecule has 6 heteroatoms. The molecule has 4 nitrogen and oxygen atoms in total. The monoisotopic (exact) mass is 338 g/mol. The minimum absolute atomic E-state index is 0.0535. The first-order valence-corrected chi connectivity index (χ1v) is 7.04. The van der Waals surface area contributed by atoms with Gasteiger partial charge in [0.25, 0.3) is 0 Å². The third-order valence-corrected chi connectivity index (χ3v) is 4.12. The molecule has 1 saturated carbocycles. The Morgan fingerprint density at radius 1 is 1.50 bits per heavy atom. The number of hydrogen-bond acceptors (Lipinski definition) is 3. The van der Waals surface area contributed by atoms with E-state index in [4.69, 9.17) is 5.73 Å². The second kappa shape index (κ2) is 4.41. The number of nitrogen functional groups attached to an aromatic ring is 1. The number of benzene rings is 1. The lowest BCUT2D eigenvalue weighted by Crippen LogP contribution is -2.19. The summed E-state index contributed by atoms with van der Waals surface area (Å²) in [4.78, 5) is 24.0. The summed E-state index contributed by atoms with van der Waals surface area (Å²) >= 11 is 3.11.